The molecule has 0 aliphatic carbocycles. The number of fused-ring (bicyclic) bond motifs is 1. The van der Waals surface area contributed by atoms with Gasteiger partial charge < -0.3 is 14.2 Å². The fraction of sp³-hybridized carbons (Fsp3) is 0.0645. The lowest BCUT2D eigenvalue weighted by Crippen LogP contribution is -2.24. The molecule has 4 aromatic carbocycles. The van der Waals surface area contributed by atoms with Crippen molar-refractivity contribution in [3.05, 3.63) is 124 Å². The number of amides is 1. The van der Waals surface area contributed by atoms with E-state index in [1.807, 2.05) is 54.6 Å². The van der Waals surface area contributed by atoms with E-state index in [2.05, 4.69) is 10.5 Å². The number of hydrogen-bond acceptors (Lipinski definition) is 7. The molecular formula is C31H23ClN2O5S. The Morgan fingerprint density at radius 3 is 2.17 bits per heavy atom. The van der Waals surface area contributed by atoms with Crippen LogP contribution in [0.2, 0.25) is 5.02 Å². The lowest BCUT2D eigenvalue weighted by Gasteiger charge is -2.08. The molecule has 0 fully saturated rings. The molecule has 0 atom stereocenters. The molecule has 1 heterocycles. The van der Waals surface area contributed by atoms with Gasteiger partial charge in [0.25, 0.3) is 5.91 Å². The van der Waals surface area contributed by atoms with Gasteiger partial charge in [0, 0.05) is 10.1 Å². The Morgan fingerprint density at radius 1 is 0.800 bits per heavy atom. The quantitative estimate of drug-likeness (QED) is 0.0856. The number of thiophene rings is 1. The molecule has 7 nitrogen and oxygen atoms in total. The second-order valence-electron chi connectivity index (χ2n) is 8.53. The summed E-state index contributed by atoms with van der Waals surface area (Å²) < 4.78 is 17.6. The van der Waals surface area contributed by atoms with E-state index in [0.717, 1.165) is 15.6 Å². The van der Waals surface area contributed by atoms with Crippen LogP contribution in [-0.2, 0) is 11.4 Å². The molecule has 1 N–H and O–H groups in total. The molecule has 9 heteroatoms. The third kappa shape index (κ3) is 7.05. The van der Waals surface area contributed by atoms with Gasteiger partial charge >= 0.3 is 5.97 Å². The smallest absolute Gasteiger partial charge is 0.355 e. The average Bonchev–Trinajstić information content (AvgIpc) is 3.33. The standard InChI is InChI=1S/C31H23ClN2O5S/c32-29-26-8-4-5-9-27(26)40-30(29)31(36)39-25-12-10-21(11-13-25)18-33-34-28(35)20-38-24-16-14-23(15-17-24)37-19-22-6-2-1-3-7-22/h1-18H,19-20H2,(H,34,35)/b33-18-. The van der Waals surface area contributed by atoms with Crippen LogP contribution >= 0.6 is 22.9 Å². The number of hydrogen-bond donors (Lipinski definition) is 1. The zero-order valence-corrected chi connectivity index (χ0v) is 22.7. The van der Waals surface area contributed by atoms with Gasteiger partial charge in [-0.2, -0.15) is 5.10 Å². The fourth-order valence-corrected chi connectivity index (χ4v) is 5.04. The molecule has 0 bridgehead atoms. The summed E-state index contributed by atoms with van der Waals surface area (Å²) in [7, 11) is 0. The van der Waals surface area contributed by atoms with E-state index < -0.39 is 11.9 Å². The van der Waals surface area contributed by atoms with Crippen LogP contribution in [0, 0.1) is 0 Å². The first kappa shape index (κ1) is 26.9. The van der Waals surface area contributed by atoms with Gasteiger partial charge in [-0.05, 0) is 65.7 Å². The topological polar surface area (TPSA) is 86.2 Å². The van der Waals surface area contributed by atoms with Crippen molar-refractivity contribution in [3.63, 3.8) is 0 Å². The summed E-state index contributed by atoms with van der Waals surface area (Å²) in [5.74, 6) is 0.674. The second-order valence-corrected chi connectivity index (χ2v) is 9.96. The summed E-state index contributed by atoms with van der Waals surface area (Å²) in [5, 5.41) is 5.16. The minimum atomic E-state index is -0.519. The number of carbonyl (C=O) groups excluding carboxylic acids is 2. The van der Waals surface area contributed by atoms with Crippen LogP contribution in [-0.4, -0.2) is 24.7 Å². The van der Waals surface area contributed by atoms with Gasteiger partial charge in [-0.25, -0.2) is 10.2 Å². The van der Waals surface area contributed by atoms with Crippen molar-refractivity contribution in [2.45, 2.75) is 6.61 Å². The molecule has 0 aliphatic heterocycles. The predicted molar refractivity (Wildman–Crippen MR) is 157 cm³/mol. The van der Waals surface area contributed by atoms with Crippen LogP contribution in [0.3, 0.4) is 0 Å². The average molecular weight is 571 g/mol. The number of halogens is 1. The van der Waals surface area contributed by atoms with Crippen LogP contribution in [0.5, 0.6) is 17.2 Å². The molecule has 5 aromatic rings. The third-order valence-corrected chi connectivity index (χ3v) is 7.31. The second kappa shape index (κ2) is 12.9. The fourth-order valence-electron chi connectivity index (χ4n) is 3.65. The number of nitrogens with zero attached hydrogens (tertiary/aromatic N) is 1. The molecule has 0 saturated heterocycles. The number of esters is 1. The molecule has 40 heavy (non-hydrogen) atoms. The van der Waals surface area contributed by atoms with Crippen molar-refractivity contribution in [1.82, 2.24) is 5.43 Å². The molecule has 0 aliphatic rings. The van der Waals surface area contributed by atoms with E-state index in [1.165, 1.54) is 17.6 Å². The molecule has 0 unspecified atom stereocenters. The maximum Gasteiger partial charge on any atom is 0.355 e. The molecule has 1 aromatic heterocycles. The largest absolute Gasteiger partial charge is 0.489 e. The van der Waals surface area contributed by atoms with Gasteiger partial charge in [0.2, 0.25) is 0 Å². The Balaban J connectivity index is 1.05. The van der Waals surface area contributed by atoms with Gasteiger partial charge in [0.15, 0.2) is 6.61 Å². The molecular weight excluding hydrogens is 548 g/mol. The zero-order chi connectivity index (χ0) is 27.7. The van der Waals surface area contributed by atoms with Gasteiger partial charge in [0.1, 0.15) is 28.7 Å². The molecule has 200 valence electrons. The first-order chi connectivity index (χ1) is 19.5. The lowest BCUT2D eigenvalue weighted by atomic mass is 10.2. The number of rotatable bonds is 10. The number of ether oxygens (including phenoxy) is 3. The van der Waals surface area contributed by atoms with E-state index in [1.54, 1.807) is 48.5 Å². The van der Waals surface area contributed by atoms with Crippen molar-refractivity contribution >= 4 is 51.1 Å². The highest BCUT2D eigenvalue weighted by Crippen LogP contribution is 2.35. The number of carbonyl (C=O) groups is 2. The van der Waals surface area contributed by atoms with Crippen LogP contribution in [0.4, 0.5) is 0 Å². The normalized spacial score (nSPS) is 10.9. The van der Waals surface area contributed by atoms with E-state index in [-0.39, 0.29) is 6.61 Å². The Morgan fingerprint density at radius 2 is 1.45 bits per heavy atom. The molecule has 1 amide bonds. The summed E-state index contributed by atoms with van der Waals surface area (Å²) in [6.45, 7) is 0.271. The number of nitrogens with one attached hydrogen (secondary N) is 1. The van der Waals surface area contributed by atoms with E-state index >= 15 is 0 Å². The van der Waals surface area contributed by atoms with Gasteiger partial charge in [-0.1, -0.05) is 60.1 Å². The van der Waals surface area contributed by atoms with E-state index in [0.29, 0.717) is 39.3 Å². The highest BCUT2D eigenvalue weighted by Gasteiger charge is 2.18. The first-order valence-corrected chi connectivity index (χ1v) is 13.5. The SMILES string of the molecule is O=C(COc1ccc(OCc2ccccc2)cc1)N/N=C\c1ccc(OC(=O)c2sc3ccccc3c2Cl)cc1. The Kier molecular flexibility index (Phi) is 8.70. The zero-order valence-electron chi connectivity index (χ0n) is 21.1. The number of benzene rings is 4. The summed E-state index contributed by atoms with van der Waals surface area (Å²) >= 11 is 7.65. The maximum atomic E-state index is 12.6. The van der Waals surface area contributed by atoms with Crippen LogP contribution < -0.4 is 19.6 Å². The van der Waals surface area contributed by atoms with Gasteiger partial charge in [-0.3, -0.25) is 4.79 Å². The van der Waals surface area contributed by atoms with E-state index in [9.17, 15) is 9.59 Å². The van der Waals surface area contributed by atoms with E-state index in [4.69, 9.17) is 25.8 Å². The molecule has 0 spiro atoms. The van der Waals surface area contributed by atoms with Crippen molar-refractivity contribution in [1.29, 1.82) is 0 Å². The maximum absolute atomic E-state index is 12.6. The third-order valence-electron chi connectivity index (χ3n) is 5.66. The highest BCUT2D eigenvalue weighted by molar-refractivity contribution is 7.21. The Bertz CT molecular complexity index is 1630. The predicted octanol–water partition coefficient (Wildman–Crippen LogP) is 6.88. The lowest BCUT2D eigenvalue weighted by molar-refractivity contribution is -0.123. The monoisotopic (exact) mass is 570 g/mol. The summed E-state index contributed by atoms with van der Waals surface area (Å²) in [6, 6.07) is 31.1. The van der Waals surface area contributed by atoms with Crippen LogP contribution in [0.25, 0.3) is 10.1 Å². The van der Waals surface area contributed by atoms with Crippen LogP contribution in [0.1, 0.15) is 20.8 Å². The van der Waals surface area contributed by atoms with Crippen molar-refractivity contribution in [2.75, 3.05) is 6.61 Å². The Labute approximate surface area is 239 Å². The van der Waals surface area contributed by atoms with Crippen molar-refractivity contribution in [3.8, 4) is 17.2 Å². The van der Waals surface area contributed by atoms with Crippen LogP contribution in [0.15, 0.2) is 108 Å². The minimum Gasteiger partial charge on any atom is -0.489 e. The summed E-state index contributed by atoms with van der Waals surface area (Å²) in [6.07, 6.45) is 1.48. The summed E-state index contributed by atoms with van der Waals surface area (Å²) in [5.41, 5.74) is 4.20. The van der Waals surface area contributed by atoms with Crippen molar-refractivity contribution < 1.29 is 23.8 Å². The number of hydrazone groups is 1. The van der Waals surface area contributed by atoms with Gasteiger partial charge in [0.05, 0.1) is 11.2 Å². The highest BCUT2D eigenvalue weighted by atomic mass is 35.5. The molecule has 0 radical (unpaired) electrons. The first-order valence-electron chi connectivity index (χ1n) is 12.3. The van der Waals surface area contributed by atoms with Gasteiger partial charge in [-0.15, -0.1) is 11.3 Å². The Hall–Kier alpha value is -4.66. The molecule has 5 rings (SSSR count). The van der Waals surface area contributed by atoms with Crippen molar-refractivity contribution in [2.24, 2.45) is 5.10 Å². The summed E-state index contributed by atoms with van der Waals surface area (Å²) in [4.78, 5) is 25.1. The molecule has 0 saturated carbocycles. The minimum absolute atomic E-state index is 0.198.